The normalized spacial score (nSPS) is 18.7. The standard InChI is InChI=1S/C27H25N5O2S/c1-16-7-6-12-29-26(16)31-17(2)13-20(18(31)3)25-24(21-8-4-5-11-28-21)30-27(35)32(25)19-9-10-22-23(14-19)34-15-33-22/h4-14,24-25H,15H2,1-3H3,(H,30,35)/t24-,25-/m0/s1. The molecular weight excluding hydrogens is 458 g/mol. The molecule has 0 spiro atoms. The minimum absolute atomic E-state index is 0.123. The zero-order chi connectivity index (χ0) is 24.1. The summed E-state index contributed by atoms with van der Waals surface area (Å²) in [7, 11) is 0. The summed E-state index contributed by atoms with van der Waals surface area (Å²) in [6.45, 7) is 6.58. The van der Waals surface area contributed by atoms with Crippen LogP contribution in [0.4, 0.5) is 5.69 Å². The number of nitrogens with zero attached hydrogens (tertiary/aromatic N) is 4. The first-order valence-electron chi connectivity index (χ1n) is 11.5. The van der Waals surface area contributed by atoms with Gasteiger partial charge in [0.05, 0.1) is 17.8 Å². The highest BCUT2D eigenvalue weighted by atomic mass is 32.1. The SMILES string of the molecule is Cc1cccnc1-n1c(C)cc([C@H]2[C@H](c3ccccn3)NC(=S)N2c2ccc3c(c2)OCO3)c1C. The van der Waals surface area contributed by atoms with Gasteiger partial charge in [-0.1, -0.05) is 12.1 Å². The van der Waals surface area contributed by atoms with Crippen LogP contribution in [0.25, 0.3) is 5.82 Å². The summed E-state index contributed by atoms with van der Waals surface area (Å²) in [6, 6.07) is 18.0. The third-order valence-corrected chi connectivity index (χ3v) is 7.03. The highest BCUT2D eigenvalue weighted by Gasteiger charge is 2.42. The van der Waals surface area contributed by atoms with Gasteiger partial charge >= 0.3 is 0 Å². The van der Waals surface area contributed by atoms with Crippen LogP contribution >= 0.6 is 12.2 Å². The van der Waals surface area contributed by atoms with E-state index >= 15 is 0 Å². The molecule has 2 aliphatic rings. The van der Waals surface area contributed by atoms with Crippen molar-refractivity contribution in [3.05, 3.63) is 95.2 Å². The summed E-state index contributed by atoms with van der Waals surface area (Å²) in [6.07, 6.45) is 3.66. The molecule has 0 radical (unpaired) electrons. The number of anilines is 1. The number of ether oxygens (including phenoxy) is 2. The van der Waals surface area contributed by atoms with E-state index < -0.39 is 0 Å². The molecule has 0 amide bonds. The predicted molar refractivity (Wildman–Crippen MR) is 138 cm³/mol. The number of nitrogens with one attached hydrogen (secondary N) is 1. The molecule has 0 aliphatic carbocycles. The predicted octanol–water partition coefficient (Wildman–Crippen LogP) is 5.10. The maximum Gasteiger partial charge on any atom is 0.231 e. The lowest BCUT2D eigenvalue weighted by molar-refractivity contribution is 0.174. The minimum Gasteiger partial charge on any atom is -0.454 e. The lowest BCUT2D eigenvalue weighted by Crippen LogP contribution is -2.29. The third-order valence-electron chi connectivity index (χ3n) is 6.71. The summed E-state index contributed by atoms with van der Waals surface area (Å²) < 4.78 is 13.4. The fraction of sp³-hybridized carbons (Fsp3) is 0.222. The largest absolute Gasteiger partial charge is 0.454 e. The molecule has 0 saturated carbocycles. The maximum atomic E-state index is 5.90. The summed E-state index contributed by atoms with van der Waals surface area (Å²) in [4.78, 5) is 11.5. The van der Waals surface area contributed by atoms with Crippen molar-refractivity contribution in [3.8, 4) is 17.3 Å². The molecule has 35 heavy (non-hydrogen) atoms. The number of fused-ring (bicyclic) bond motifs is 1. The summed E-state index contributed by atoms with van der Waals surface area (Å²) in [5, 5.41) is 4.18. The lowest BCUT2D eigenvalue weighted by atomic mass is 9.96. The van der Waals surface area contributed by atoms with Crippen LogP contribution < -0.4 is 19.7 Å². The Hall–Kier alpha value is -3.91. The molecule has 1 N–H and O–H groups in total. The van der Waals surface area contributed by atoms with Crippen LogP contribution in [-0.2, 0) is 0 Å². The van der Waals surface area contributed by atoms with Gasteiger partial charge in [-0.3, -0.25) is 4.98 Å². The molecule has 3 aromatic heterocycles. The average molecular weight is 484 g/mol. The topological polar surface area (TPSA) is 64.4 Å². The van der Waals surface area contributed by atoms with E-state index in [1.54, 1.807) is 0 Å². The van der Waals surface area contributed by atoms with Gasteiger partial charge in [0, 0.05) is 35.5 Å². The number of aryl methyl sites for hydroxylation is 2. The summed E-state index contributed by atoms with van der Waals surface area (Å²) in [5.41, 5.74) is 6.38. The molecule has 5 heterocycles. The van der Waals surface area contributed by atoms with Gasteiger partial charge in [0.15, 0.2) is 16.6 Å². The van der Waals surface area contributed by atoms with Crippen molar-refractivity contribution in [2.45, 2.75) is 32.9 Å². The first-order valence-corrected chi connectivity index (χ1v) is 11.9. The number of aromatic nitrogens is 3. The van der Waals surface area contributed by atoms with E-state index in [-0.39, 0.29) is 18.9 Å². The molecule has 1 saturated heterocycles. The van der Waals surface area contributed by atoms with Gasteiger partial charge in [-0.2, -0.15) is 0 Å². The second-order valence-corrected chi connectivity index (χ2v) is 9.23. The Kier molecular flexibility index (Phi) is 5.18. The van der Waals surface area contributed by atoms with Gasteiger partial charge in [0.25, 0.3) is 0 Å². The van der Waals surface area contributed by atoms with Gasteiger partial charge in [-0.15, -0.1) is 0 Å². The van der Waals surface area contributed by atoms with Crippen LogP contribution in [0.2, 0.25) is 0 Å². The Morgan fingerprint density at radius 3 is 2.57 bits per heavy atom. The zero-order valence-electron chi connectivity index (χ0n) is 19.7. The Morgan fingerprint density at radius 2 is 1.77 bits per heavy atom. The van der Waals surface area contributed by atoms with E-state index in [2.05, 4.69) is 57.7 Å². The molecule has 0 unspecified atom stereocenters. The molecule has 1 aromatic carbocycles. The van der Waals surface area contributed by atoms with E-state index in [9.17, 15) is 0 Å². The summed E-state index contributed by atoms with van der Waals surface area (Å²) in [5.74, 6) is 2.40. The van der Waals surface area contributed by atoms with Crippen LogP contribution in [-0.4, -0.2) is 26.4 Å². The highest BCUT2D eigenvalue weighted by Crippen LogP contribution is 2.46. The number of hydrogen-bond donors (Lipinski definition) is 1. The van der Waals surface area contributed by atoms with Crippen molar-refractivity contribution >= 4 is 23.0 Å². The summed E-state index contributed by atoms with van der Waals surface area (Å²) >= 11 is 5.90. The molecule has 7 nitrogen and oxygen atoms in total. The smallest absolute Gasteiger partial charge is 0.231 e. The van der Waals surface area contributed by atoms with Crippen molar-refractivity contribution < 1.29 is 9.47 Å². The molecule has 6 rings (SSSR count). The molecule has 2 atom stereocenters. The first-order chi connectivity index (χ1) is 17.0. The van der Waals surface area contributed by atoms with Crippen LogP contribution in [0.15, 0.2) is 67.0 Å². The molecule has 8 heteroatoms. The molecule has 2 aliphatic heterocycles. The Morgan fingerprint density at radius 1 is 0.943 bits per heavy atom. The van der Waals surface area contributed by atoms with Crippen LogP contribution in [0, 0.1) is 20.8 Å². The van der Waals surface area contributed by atoms with Crippen molar-refractivity contribution in [1.29, 1.82) is 0 Å². The fourth-order valence-electron chi connectivity index (χ4n) is 5.11. The van der Waals surface area contributed by atoms with Gasteiger partial charge in [0.2, 0.25) is 6.79 Å². The zero-order valence-corrected chi connectivity index (χ0v) is 20.5. The van der Waals surface area contributed by atoms with E-state index in [1.165, 1.54) is 0 Å². The van der Waals surface area contributed by atoms with E-state index in [0.717, 1.165) is 51.2 Å². The number of pyridine rings is 2. The molecule has 176 valence electrons. The van der Waals surface area contributed by atoms with Crippen LogP contribution in [0.3, 0.4) is 0 Å². The maximum absolute atomic E-state index is 5.90. The Labute approximate surface area is 209 Å². The Bertz CT molecular complexity index is 1440. The highest BCUT2D eigenvalue weighted by molar-refractivity contribution is 7.80. The van der Waals surface area contributed by atoms with Crippen LogP contribution in [0.5, 0.6) is 11.5 Å². The lowest BCUT2D eigenvalue weighted by Gasteiger charge is -2.28. The monoisotopic (exact) mass is 483 g/mol. The molecule has 0 bridgehead atoms. The molecular formula is C27H25N5O2S. The van der Waals surface area contributed by atoms with E-state index in [0.29, 0.717) is 5.11 Å². The molecule has 1 fully saturated rings. The van der Waals surface area contributed by atoms with Gasteiger partial charge < -0.3 is 24.3 Å². The second kappa shape index (κ2) is 8.39. The number of hydrogen-bond acceptors (Lipinski definition) is 5. The molecule has 4 aromatic rings. The number of rotatable bonds is 4. The van der Waals surface area contributed by atoms with Crippen molar-refractivity contribution in [3.63, 3.8) is 0 Å². The van der Waals surface area contributed by atoms with E-state index in [4.69, 9.17) is 21.7 Å². The van der Waals surface area contributed by atoms with Gasteiger partial charge in [-0.05, 0) is 80.5 Å². The average Bonchev–Trinajstić information content (AvgIpc) is 3.55. The second-order valence-electron chi connectivity index (χ2n) is 8.84. The fourth-order valence-corrected chi connectivity index (χ4v) is 5.45. The number of benzene rings is 1. The Balaban J connectivity index is 1.52. The van der Waals surface area contributed by atoms with Gasteiger partial charge in [0.1, 0.15) is 5.82 Å². The van der Waals surface area contributed by atoms with Crippen molar-refractivity contribution in [2.75, 3.05) is 11.7 Å². The van der Waals surface area contributed by atoms with E-state index in [1.807, 2.05) is 54.9 Å². The minimum atomic E-state index is -0.132. The van der Waals surface area contributed by atoms with Crippen LogP contribution in [0.1, 0.15) is 40.3 Å². The first kappa shape index (κ1) is 21.6. The third kappa shape index (κ3) is 3.52. The van der Waals surface area contributed by atoms with Crippen molar-refractivity contribution in [1.82, 2.24) is 19.9 Å². The van der Waals surface area contributed by atoms with Crippen molar-refractivity contribution in [2.24, 2.45) is 0 Å². The number of thiocarbonyl (C=S) groups is 1. The van der Waals surface area contributed by atoms with Gasteiger partial charge in [-0.25, -0.2) is 4.98 Å². The quantitative estimate of drug-likeness (QED) is 0.405.